The molecule has 1 fully saturated rings. The Morgan fingerprint density at radius 3 is 2.79 bits per heavy atom. The van der Waals surface area contributed by atoms with Crippen molar-refractivity contribution in [1.82, 2.24) is 14.9 Å². The number of rotatable bonds is 5. The molecule has 3 heterocycles. The summed E-state index contributed by atoms with van der Waals surface area (Å²) in [6.07, 6.45) is 9.29. The molecule has 0 N–H and O–H groups in total. The highest BCUT2D eigenvalue weighted by Gasteiger charge is 2.42. The van der Waals surface area contributed by atoms with Crippen molar-refractivity contribution in [3.8, 4) is 5.75 Å². The molecule has 0 unspecified atom stereocenters. The molecule has 2 aromatic rings. The van der Waals surface area contributed by atoms with E-state index in [1.807, 2.05) is 24.4 Å². The predicted molar refractivity (Wildman–Crippen MR) is 115 cm³/mol. The monoisotopic (exact) mass is 393 g/mol. The van der Waals surface area contributed by atoms with E-state index in [1.54, 1.807) is 7.11 Å². The van der Waals surface area contributed by atoms with E-state index in [4.69, 9.17) is 14.5 Å². The van der Waals surface area contributed by atoms with E-state index in [9.17, 15) is 0 Å². The van der Waals surface area contributed by atoms with Gasteiger partial charge >= 0.3 is 0 Å². The lowest BCUT2D eigenvalue weighted by molar-refractivity contribution is -0.100. The Morgan fingerprint density at radius 2 is 2.03 bits per heavy atom. The molecule has 2 aliphatic heterocycles. The molecule has 0 aliphatic carbocycles. The van der Waals surface area contributed by atoms with Crippen LogP contribution in [-0.2, 0) is 16.8 Å². The van der Waals surface area contributed by atoms with Crippen LogP contribution in [0.15, 0.2) is 36.5 Å². The molecule has 1 aromatic heterocycles. The van der Waals surface area contributed by atoms with Crippen molar-refractivity contribution >= 4 is 6.08 Å². The van der Waals surface area contributed by atoms with Gasteiger partial charge in [-0.2, -0.15) is 0 Å². The van der Waals surface area contributed by atoms with Crippen LogP contribution in [0.3, 0.4) is 0 Å². The largest absolute Gasteiger partial charge is 0.496 e. The van der Waals surface area contributed by atoms with Crippen LogP contribution in [0.4, 0.5) is 0 Å². The molecule has 0 atom stereocenters. The van der Waals surface area contributed by atoms with Crippen LogP contribution in [0.1, 0.15) is 55.3 Å². The zero-order chi connectivity index (χ0) is 20.3. The van der Waals surface area contributed by atoms with Crippen molar-refractivity contribution in [3.05, 3.63) is 59.2 Å². The molecule has 1 aromatic carbocycles. The average molecular weight is 394 g/mol. The number of hydrogen-bond donors (Lipinski definition) is 0. The number of para-hydroxylation sites is 1. The van der Waals surface area contributed by atoms with Crippen LogP contribution in [0.5, 0.6) is 5.75 Å². The molecular weight excluding hydrogens is 362 g/mol. The molecule has 5 heteroatoms. The summed E-state index contributed by atoms with van der Waals surface area (Å²) in [6.45, 7) is 8.02. The van der Waals surface area contributed by atoms with Gasteiger partial charge in [-0.05, 0) is 30.9 Å². The lowest BCUT2D eigenvalue weighted by atomic mass is 9.83. The average Bonchev–Trinajstić information content (AvgIpc) is 2.75. The van der Waals surface area contributed by atoms with Crippen LogP contribution in [-0.4, -0.2) is 48.2 Å². The summed E-state index contributed by atoms with van der Waals surface area (Å²) < 4.78 is 11.8. The molecule has 0 saturated carbocycles. The fourth-order valence-corrected chi connectivity index (χ4v) is 4.31. The highest BCUT2D eigenvalue weighted by atomic mass is 16.5. The van der Waals surface area contributed by atoms with E-state index in [0.29, 0.717) is 5.92 Å². The normalized spacial score (nSPS) is 19.0. The number of hydrogen-bond acceptors (Lipinski definition) is 5. The van der Waals surface area contributed by atoms with Crippen LogP contribution in [0, 0.1) is 0 Å². The smallest absolute Gasteiger partial charge is 0.131 e. The van der Waals surface area contributed by atoms with Gasteiger partial charge in [-0.15, -0.1) is 0 Å². The first-order valence-corrected chi connectivity index (χ1v) is 10.6. The minimum absolute atomic E-state index is 0.233. The second-order valence-corrected chi connectivity index (χ2v) is 8.29. The van der Waals surface area contributed by atoms with Crippen molar-refractivity contribution in [2.24, 2.45) is 0 Å². The molecule has 29 heavy (non-hydrogen) atoms. The van der Waals surface area contributed by atoms with Gasteiger partial charge in [0.05, 0.1) is 19.4 Å². The molecule has 0 amide bonds. The van der Waals surface area contributed by atoms with Crippen LogP contribution < -0.4 is 4.74 Å². The first-order chi connectivity index (χ1) is 14.1. The number of piperidine rings is 1. The van der Waals surface area contributed by atoms with Crippen LogP contribution >= 0.6 is 0 Å². The molecule has 1 saturated heterocycles. The van der Waals surface area contributed by atoms with Gasteiger partial charge in [-0.3, -0.25) is 4.90 Å². The van der Waals surface area contributed by atoms with Crippen molar-refractivity contribution < 1.29 is 9.47 Å². The van der Waals surface area contributed by atoms with E-state index < -0.39 is 0 Å². The Morgan fingerprint density at radius 1 is 1.24 bits per heavy atom. The lowest BCUT2D eigenvalue weighted by Crippen LogP contribution is -2.47. The van der Waals surface area contributed by atoms with Gasteiger partial charge in [0.15, 0.2) is 0 Å². The van der Waals surface area contributed by atoms with Crippen molar-refractivity contribution in [1.29, 1.82) is 0 Å². The molecule has 0 radical (unpaired) electrons. The molecule has 2 aliphatic rings. The van der Waals surface area contributed by atoms with Gasteiger partial charge in [-0.1, -0.05) is 44.2 Å². The lowest BCUT2D eigenvalue weighted by Gasteiger charge is -2.44. The second kappa shape index (κ2) is 8.64. The van der Waals surface area contributed by atoms with Crippen molar-refractivity contribution in [2.45, 2.75) is 44.6 Å². The number of likely N-dealkylation sites (tertiary alicyclic amines) is 1. The molecule has 154 valence electrons. The summed E-state index contributed by atoms with van der Waals surface area (Å²) in [5, 5.41) is 0. The summed E-state index contributed by atoms with van der Waals surface area (Å²) in [5.41, 5.74) is 3.30. The summed E-state index contributed by atoms with van der Waals surface area (Å²) in [5.74, 6) is 2.17. The predicted octanol–water partition coefficient (Wildman–Crippen LogP) is 4.19. The van der Waals surface area contributed by atoms with Crippen molar-refractivity contribution in [2.75, 3.05) is 33.4 Å². The van der Waals surface area contributed by atoms with Crippen LogP contribution in [0.25, 0.3) is 6.08 Å². The van der Waals surface area contributed by atoms with E-state index in [0.717, 1.165) is 68.3 Å². The molecule has 4 rings (SSSR count). The second-order valence-electron chi connectivity index (χ2n) is 8.29. The number of ether oxygens (including phenoxy) is 2. The maximum absolute atomic E-state index is 6.37. The van der Waals surface area contributed by atoms with Gasteiger partial charge < -0.3 is 9.47 Å². The fraction of sp³-hybridized carbons (Fsp3) is 0.500. The third-order valence-corrected chi connectivity index (χ3v) is 6.04. The SMILES string of the molecule is COc1ccccc1/C=C/CN1CCC2(CC1)OCCc1cnc(C(C)C)nc12. The Hall–Kier alpha value is -2.24. The number of benzene rings is 1. The Kier molecular flexibility index (Phi) is 5.97. The standard InChI is InChI=1S/C24H31N3O2/c1-18(2)23-25-17-20-10-16-29-24(22(20)26-23)11-14-27(15-12-24)13-6-8-19-7-4-5-9-21(19)28-3/h4-9,17-18H,10-16H2,1-3H3/b8-6+. The summed E-state index contributed by atoms with van der Waals surface area (Å²) in [4.78, 5) is 12.0. The highest BCUT2D eigenvalue weighted by Crippen LogP contribution is 2.40. The zero-order valence-corrected chi connectivity index (χ0v) is 17.7. The molecular formula is C24H31N3O2. The van der Waals surface area contributed by atoms with Gasteiger partial charge in [0.1, 0.15) is 17.2 Å². The third-order valence-electron chi connectivity index (χ3n) is 6.04. The van der Waals surface area contributed by atoms with Crippen LogP contribution in [0.2, 0.25) is 0 Å². The first-order valence-electron chi connectivity index (χ1n) is 10.6. The van der Waals surface area contributed by atoms with Gasteiger partial charge in [-0.25, -0.2) is 9.97 Å². The minimum Gasteiger partial charge on any atom is -0.496 e. The maximum atomic E-state index is 6.37. The Labute approximate surface area is 173 Å². The maximum Gasteiger partial charge on any atom is 0.131 e. The molecule has 1 spiro atoms. The van der Waals surface area contributed by atoms with E-state index in [-0.39, 0.29) is 5.60 Å². The van der Waals surface area contributed by atoms with Gasteiger partial charge in [0.2, 0.25) is 0 Å². The Bertz CT molecular complexity index is 870. The van der Waals surface area contributed by atoms with E-state index in [1.165, 1.54) is 5.56 Å². The summed E-state index contributed by atoms with van der Waals surface area (Å²) >= 11 is 0. The van der Waals surface area contributed by atoms with E-state index in [2.05, 4.69) is 41.9 Å². The summed E-state index contributed by atoms with van der Waals surface area (Å²) in [7, 11) is 1.72. The first kappa shape index (κ1) is 20.0. The Balaban J connectivity index is 1.42. The zero-order valence-electron chi connectivity index (χ0n) is 17.7. The molecule has 0 bridgehead atoms. The van der Waals surface area contributed by atoms with E-state index >= 15 is 0 Å². The van der Waals surface area contributed by atoms with Gasteiger partial charge in [0.25, 0.3) is 0 Å². The number of fused-ring (bicyclic) bond motifs is 2. The quantitative estimate of drug-likeness (QED) is 0.762. The number of aromatic nitrogens is 2. The number of methoxy groups -OCH3 is 1. The summed E-state index contributed by atoms with van der Waals surface area (Å²) in [6, 6.07) is 8.11. The highest BCUT2D eigenvalue weighted by molar-refractivity contribution is 5.57. The van der Waals surface area contributed by atoms with Crippen molar-refractivity contribution in [3.63, 3.8) is 0 Å². The fourth-order valence-electron chi connectivity index (χ4n) is 4.31. The van der Waals surface area contributed by atoms with Gasteiger partial charge in [0, 0.05) is 37.3 Å². The molecule has 5 nitrogen and oxygen atoms in total. The third kappa shape index (κ3) is 4.21. The number of nitrogens with zero attached hydrogens (tertiary/aromatic N) is 3. The minimum atomic E-state index is -0.233. The topological polar surface area (TPSA) is 47.5 Å².